The van der Waals surface area contributed by atoms with Crippen LogP contribution in [-0.2, 0) is 54.1 Å². The maximum absolute atomic E-state index is 14.8. The number of nitrogens with one attached hydrogen (secondary N) is 2. The number of rotatable bonds is 10. The minimum Gasteiger partial charge on any atom is -0.458 e. The zero-order valence-corrected chi connectivity index (χ0v) is 33.7. The number of amides is 1. The number of hydrogen-bond acceptors (Lipinski definition) is 13. The van der Waals surface area contributed by atoms with Gasteiger partial charge in [0.2, 0.25) is 0 Å². The lowest BCUT2D eigenvalue weighted by Gasteiger charge is -2.47. The number of carbonyl (C=O) groups excluding carboxylic acids is 5. The fourth-order valence-electron chi connectivity index (χ4n) is 8.47. The van der Waals surface area contributed by atoms with Gasteiger partial charge in [-0.25, -0.2) is 4.79 Å². The van der Waals surface area contributed by atoms with Crippen molar-refractivity contribution in [2.45, 2.75) is 135 Å². The van der Waals surface area contributed by atoms with Crippen molar-refractivity contribution in [3.63, 3.8) is 0 Å². The number of nitrogens with zero attached hydrogens (tertiary/aromatic N) is 1. The summed E-state index contributed by atoms with van der Waals surface area (Å²) in [6.45, 7) is 14.0. The number of Topliss-reactive ketones (excluding diaryl/α,β-unsaturated/α-hetero) is 2. The van der Waals surface area contributed by atoms with Gasteiger partial charge in [-0.1, -0.05) is 51.1 Å². The largest absolute Gasteiger partial charge is 0.458 e. The fraction of sp³-hybridized carbons (Fsp3) is 0.725. The first-order chi connectivity index (χ1) is 25.4. The number of likely N-dealkylation sites (N-methyl/N-ethyl adjacent to an activating group) is 1. The second-order valence-corrected chi connectivity index (χ2v) is 15.9. The third kappa shape index (κ3) is 9.50. The third-order valence-corrected chi connectivity index (χ3v) is 11.6. The normalized spacial score (nSPS) is 38.2. The van der Waals surface area contributed by atoms with E-state index in [2.05, 4.69) is 10.6 Å². The third-order valence-electron chi connectivity index (χ3n) is 11.6. The number of fused-ring (bicyclic) bond motifs is 1. The lowest BCUT2D eigenvalue weighted by molar-refractivity contribution is -0.298. The van der Waals surface area contributed by atoms with E-state index in [4.69, 9.17) is 28.4 Å². The number of carbonyl (C=O) groups is 5. The summed E-state index contributed by atoms with van der Waals surface area (Å²) in [5, 5.41) is 6.27. The van der Waals surface area contributed by atoms with E-state index in [1.54, 1.807) is 34.6 Å². The predicted octanol–water partition coefficient (Wildman–Crippen LogP) is 3.82. The van der Waals surface area contributed by atoms with Gasteiger partial charge >= 0.3 is 18.0 Å². The minimum absolute atomic E-state index is 0.0890. The highest BCUT2D eigenvalue weighted by molar-refractivity contribution is 6.00. The molecule has 0 aromatic heterocycles. The van der Waals surface area contributed by atoms with E-state index in [1.165, 1.54) is 21.0 Å². The molecule has 0 unspecified atom stereocenters. The van der Waals surface area contributed by atoms with Crippen LogP contribution in [-0.4, -0.2) is 116 Å². The molecule has 3 fully saturated rings. The van der Waals surface area contributed by atoms with Gasteiger partial charge in [-0.3, -0.25) is 19.2 Å². The molecule has 14 nitrogen and oxygen atoms in total. The molecule has 0 saturated carbocycles. The average molecular weight is 760 g/mol. The Morgan fingerprint density at radius 2 is 1.70 bits per heavy atom. The molecule has 3 saturated heterocycles. The van der Waals surface area contributed by atoms with E-state index in [0.717, 1.165) is 5.56 Å². The quantitative estimate of drug-likeness (QED) is 0.201. The Balaban J connectivity index is 1.80. The summed E-state index contributed by atoms with van der Waals surface area (Å²) < 4.78 is 37.0. The number of esters is 2. The summed E-state index contributed by atoms with van der Waals surface area (Å²) in [4.78, 5) is 70.3. The molecule has 1 aromatic rings. The van der Waals surface area contributed by atoms with Crippen molar-refractivity contribution in [3.8, 4) is 0 Å². The fourth-order valence-corrected chi connectivity index (χ4v) is 8.47. The Labute approximate surface area is 319 Å². The van der Waals surface area contributed by atoms with Crippen molar-refractivity contribution in [1.29, 1.82) is 0 Å². The van der Waals surface area contributed by atoms with Crippen LogP contribution in [0.2, 0.25) is 0 Å². The van der Waals surface area contributed by atoms with E-state index in [9.17, 15) is 24.0 Å². The summed E-state index contributed by atoms with van der Waals surface area (Å²) in [6, 6.07) is 8.56. The van der Waals surface area contributed by atoms with Crippen LogP contribution in [0.3, 0.4) is 0 Å². The monoisotopic (exact) mass is 759 g/mol. The maximum Gasteiger partial charge on any atom is 0.408 e. The maximum atomic E-state index is 14.8. The highest BCUT2D eigenvalue weighted by Gasteiger charge is 2.58. The van der Waals surface area contributed by atoms with Gasteiger partial charge < -0.3 is 44.0 Å². The first-order valence-electron chi connectivity index (χ1n) is 19.1. The smallest absolute Gasteiger partial charge is 0.408 e. The van der Waals surface area contributed by atoms with Gasteiger partial charge in [0.25, 0.3) is 0 Å². The molecular formula is C40H61N3O11. The average Bonchev–Trinajstić information content (AvgIpc) is 3.43. The molecule has 13 atom stereocenters. The number of methoxy groups -OCH3 is 1. The van der Waals surface area contributed by atoms with Crippen LogP contribution in [0.5, 0.6) is 0 Å². The number of benzene rings is 1. The second-order valence-electron chi connectivity index (χ2n) is 15.9. The molecule has 302 valence electrons. The van der Waals surface area contributed by atoms with E-state index >= 15 is 0 Å². The van der Waals surface area contributed by atoms with Crippen LogP contribution in [0, 0.1) is 23.7 Å². The predicted molar refractivity (Wildman–Crippen MR) is 198 cm³/mol. The van der Waals surface area contributed by atoms with Gasteiger partial charge in [0.15, 0.2) is 23.8 Å². The van der Waals surface area contributed by atoms with Crippen LogP contribution < -0.4 is 10.6 Å². The van der Waals surface area contributed by atoms with Gasteiger partial charge in [0.1, 0.15) is 17.8 Å². The highest BCUT2D eigenvalue weighted by atomic mass is 16.7. The zero-order chi connectivity index (χ0) is 40.1. The number of ketones is 2. The molecule has 54 heavy (non-hydrogen) atoms. The van der Waals surface area contributed by atoms with Crippen molar-refractivity contribution >= 4 is 29.6 Å². The van der Waals surface area contributed by atoms with Crippen LogP contribution in [0.25, 0.3) is 0 Å². The van der Waals surface area contributed by atoms with Gasteiger partial charge in [-0.2, -0.15) is 0 Å². The van der Waals surface area contributed by atoms with Crippen LogP contribution >= 0.6 is 0 Å². The van der Waals surface area contributed by atoms with Gasteiger partial charge in [-0.15, -0.1) is 0 Å². The molecule has 3 aliphatic rings. The summed E-state index contributed by atoms with van der Waals surface area (Å²) in [5.74, 6) is -5.76. The van der Waals surface area contributed by atoms with Crippen molar-refractivity contribution in [3.05, 3.63) is 35.9 Å². The van der Waals surface area contributed by atoms with Gasteiger partial charge in [0, 0.05) is 39.0 Å². The summed E-state index contributed by atoms with van der Waals surface area (Å²) in [7, 11) is 5.23. The molecule has 0 radical (unpaired) electrons. The Morgan fingerprint density at radius 3 is 2.30 bits per heavy atom. The van der Waals surface area contributed by atoms with Gasteiger partial charge in [0.05, 0.1) is 35.8 Å². The second kappa shape index (κ2) is 18.0. The highest BCUT2D eigenvalue weighted by Crippen LogP contribution is 2.40. The van der Waals surface area contributed by atoms with Crippen molar-refractivity contribution in [1.82, 2.24) is 15.5 Å². The lowest BCUT2D eigenvalue weighted by atomic mass is 9.73. The summed E-state index contributed by atoms with van der Waals surface area (Å²) in [6.07, 6.45) is -4.19. The SMILES string of the molecule is CC[C@H]1OC(=O)[C@H](C)C(=O)[C@H](C)[C@@H](O[C@@H]2O[C@H](C)C[C@H](N(C)C)[C@H]2OC(C)=O)[C@](C)(OC)C[C@@H](C)C(=O)[C@H](CNCc2ccccc2)[C@H]2NC(=O)O[C@@]21C. The zero-order valence-electron chi connectivity index (χ0n) is 33.7. The molecule has 2 N–H and O–H groups in total. The lowest BCUT2D eigenvalue weighted by Crippen LogP contribution is -2.61. The Morgan fingerprint density at radius 1 is 1.04 bits per heavy atom. The van der Waals surface area contributed by atoms with E-state index in [0.29, 0.717) is 13.0 Å². The molecule has 1 aromatic carbocycles. The van der Waals surface area contributed by atoms with E-state index < -0.39 is 89.3 Å². The molecule has 1 amide bonds. The molecule has 0 bridgehead atoms. The summed E-state index contributed by atoms with van der Waals surface area (Å²) >= 11 is 0. The summed E-state index contributed by atoms with van der Waals surface area (Å²) in [5.41, 5.74) is -1.74. The molecule has 3 heterocycles. The number of hydrogen-bond donors (Lipinski definition) is 2. The molecule has 0 spiro atoms. The standard InChI is InChI=1S/C40H61N3O11/c1-12-30-40(8)34(42-38(48)54-40)28(21-41-20-27-16-14-13-15-17-27)31(45)22(2)19-39(7,49-11)35(24(4)32(46)25(5)36(47)52-30)53-37-33(51-26(6)44)29(43(9)10)18-23(3)50-37/h13-17,22-25,28-30,33-35,37,41H,12,18-21H2,1-11H3,(H,42,48)/t22-,23-,24+,25-,28+,29+,30-,33-,34-,35-,37+,39-,40-/m1/s1. The Hall–Kier alpha value is -3.43. The van der Waals surface area contributed by atoms with Crippen LogP contribution in [0.4, 0.5) is 4.79 Å². The topological polar surface area (TPSA) is 168 Å². The number of cyclic esters (lactones) is 1. The van der Waals surface area contributed by atoms with E-state index in [1.807, 2.05) is 56.3 Å². The minimum atomic E-state index is -1.44. The first kappa shape index (κ1) is 43.3. The van der Waals surface area contributed by atoms with Crippen LogP contribution in [0.1, 0.15) is 80.2 Å². The van der Waals surface area contributed by atoms with Crippen molar-refractivity contribution < 1.29 is 52.4 Å². The van der Waals surface area contributed by atoms with Crippen molar-refractivity contribution in [2.75, 3.05) is 27.7 Å². The van der Waals surface area contributed by atoms with Crippen LogP contribution in [0.15, 0.2) is 30.3 Å². The number of alkyl carbamates (subject to hydrolysis) is 1. The molecule has 4 rings (SSSR count). The first-order valence-corrected chi connectivity index (χ1v) is 19.1. The molecule has 3 aliphatic heterocycles. The van der Waals surface area contributed by atoms with E-state index in [-0.39, 0.29) is 37.3 Å². The van der Waals surface area contributed by atoms with Gasteiger partial charge in [-0.05, 0) is 66.6 Å². The Kier molecular flexibility index (Phi) is 14.4. The molecule has 14 heteroatoms. The molecular weight excluding hydrogens is 698 g/mol. The Bertz CT molecular complexity index is 1490. The number of ether oxygens (including phenoxy) is 6. The van der Waals surface area contributed by atoms with Crippen molar-refractivity contribution in [2.24, 2.45) is 23.7 Å². The molecule has 0 aliphatic carbocycles.